The van der Waals surface area contributed by atoms with Gasteiger partial charge in [-0.15, -0.1) is 0 Å². The quantitative estimate of drug-likeness (QED) is 0.242. The molecule has 0 saturated heterocycles. The van der Waals surface area contributed by atoms with Gasteiger partial charge in [0.05, 0.1) is 0 Å². The van der Waals surface area contributed by atoms with Crippen molar-refractivity contribution in [2.75, 3.05) is 0 Å². The van der Waals surface area contributed by atoms with Crippen LogP contribution in [0.2, 0.25) is 0 Å². The molecule has 0 nitrogen and oxygen atoms in total. The molecule has 7 heteroatoms. The maximum atomic E-state index is 0. The largest absolute Gasteiger partial charge is 1.00 e. The SMILES string of the molecule is [Br-].[Br-].[Br-].[Br-].[Br-].[Br-].[Re]. The summed E-state index contributed by atoms with van der Waals surface area (Å²) in [6.07, 6.45) is 0. The first-order chi connectivity index (χ1) is 0. The van der Waals surface area contributed by atoms with E-state index in [1.165, 1.54) is 0 Å². The van der Waals surface area contributed by atoms with E-state index in [1.807, 2.05) is 0 Å². The van der Waals surface area contributed by atoms with Gasteiger partial charge in [0.15, 0.2) is 0 Å². The molecule has 0 aromatic carbocycles. The van der Waals surface area contributed by atoms with Crippen LogP contribution in [0.3, 0.4) is 0 Å². The Morgan fingerprint density at radius 1 is 0.286 bits per heavy atom. The third-order valence-electron chi connectivity index (χ3n) is 0. The molecule has 0 aliphatic carbocycles. The molecule has 1 radical (unpaired) electrons. The molecule has 0 aliphatic rings. The van der Waals surface area contributed by atoms with Crippen molar-refractivity contribution in [3.63, 3.8) is 0 Å². The second kappa shape index (κ2) is 55.5. The molecule has 0 saturated carbocycles. The van der Waals surface area contributed by atoms with Crippen molar-refractivity contribution in [2.45, 2.75) is 0 Å². The van der Waals surface area contributed by atoms with E-state index in [1.54, 1.807) is 0 Å². The first-order valence-corrected chi connectivity index (χ1v) is 0. The zero-order valence-corrected chi connectivity index (χ0v) is 14.9. The summed E-state index contributed by atoms with van der Waals surface area (Å²) in [6.45, 7) is 0. The third-order valence-corrected chi connectivity index (χ3v) is 0. The van der Waals surface area contributed by atoms with Gasteiger partial charge >= 0.3 is 0 Å². The van der Waals surface area contributed by atoms with E-state index in [2.05, 4.69) is 0 Å². The van der Waals surface area contributed by atoms with Gasteiger partial charge in [0.1, 0.15) is 0 Å². The second-order valence-corrected chi connectivity index (χ2v) is 0. The van der Waals surface area contributed by atoms with E-state index in [4.69, 9.17) is 0 Å². The minimum absolute atomic E-state index is 0. The Labute approximate surface area is 120 Å². The Balaban J connectivity index is 0. The second-order valence-electron chi connectivity index (χ2n) is 0. The van der Waals surface area contributed by atoms with Crippen LogP contribution < -0.4 is 102 Å². The molecule has 0 N–H and O–H groups in total. The van der Waals surface area contributed by atoms with Crippen molar-refractivity contribution in [1.82, 2.24) is 0 Å². The summed E-state index contributed by atoms with van der Waals surface area (Å²) in [5, 5.41) is 0. The van der Waals surface area contributed by atoms with E-state index >= 15 is 0 Å². The predicted molar refractivity (Wildman–Crippen MR) is 0 cm³/mol. The zero-order chi connectivity index (χ0) is 0. The summed E-state index contributed by atoms with van der Waals surface area (Å²) in [7, 11) is 0. The topological polar surface area (TPSA) is 0 Å². The predicted octanol–water partition coefficient (Wildman–Crippen LogP) is -18.0. The molecule has 7 heavy (non-hydrogen) atoms. The molecule has 0 bridgehead atoms. The summed E-state index contributed by atoms with van der Waals surface area (Å²) in [6, 6.07) is 0. The van der Waals surface area contributed by atoms with Gasteiger partial charge in [-0.1, -0.05) is 0 Å². The number of rotatable bonds is 0. The molecule has 0 amide bonds. The molecule has 0 fully saturated rings. The normalized spacial score (nSPS) is 0. The molecule has 0 unspecified atom stereocenters. The zero-order valence-electron chi connectivity index (χ0n) is 2.65. The van der Waals surface area contributed by atoms with Gasteiger partial charge in [-0.05, 0) is 0 Å². The first kappa shape index (κ1) is 76.5. The van der Waals surface area contributed by atoms with E-state index < -0.39 is 0 Å². The molecule has 0 aromatic rings. The monoisotopic (exact) mass is 660 g/mol. The Kier molecular flexibility index (Phi) is 606. The number of hydrogen-bond donors (Lipinski definition) is 0. The van der Waals surface area contributed by atoms with Crippen molar-refractivity contribution in [3.05, 3.63) is 0 Å². The van der Waals surface area contributed by atoms with Gasteiger partial charge in [0.25, 0.3) is 0 Å². The smallest absolute Gasteiger partial charge is 0 e. The van der Waals surface area contributed by atoms with E-state index in [0.717, 1.165) is 0 Å². The van der Waals surface area contributed by atoms with Gasteiger partial charge in [0.2, 0.25) is 0 Å². The van der Waals surface area contributed by atoms with Crippen LogP contribution in [0.5, 0.6) is 0 Å². The average Bonchev–Trinajstić information content (AvgIpc) is 0. The maximum absolute atomic E-state index is 0. The van der Waals surface area contributed by atoms with E-state index in [9.17, 15) is 0 Å². The van der Waals surface area contributed by atoms with Crippen molar-refractivity contribution in [1.29, 1.82) is 0 Å². The van der Waals surface area contributed by atoms with Crippen LogP contribution in [0.15, 0.2) is 0 Å². The Morgan fingerprint density at radius 3 is 0.286 bits per heavy atom. The fourth-order valence-corrected chi connectivity index (χ4v) is 0. The fourth-order valence-electron chi connectivity index (χ4n) is 0. The Hall–Kier alpha value is 3.54. The van der Waals surface area contributed by atoms with Gasteiger partial charge in [0, 0.05) is 20.4 Å². The molecule has 0 atom stereocenters. The van der Waals surface area contributed by atoms with Crippen LogP contribution in [0.4, 0.5) is 0 Å². The molecule has 55 valence electrons. The molecule has 0 heterocycles. The van der Waals surface area contributed by atoms with Crippen molar-refractivity contribution in [2.24, 2.45) is 0 Å². The molecule has 0 spiro atoms. The number of halogens is 6. The Bertz CT molecular complexity index is 4.14. The third kappa shape index (κ3) is 43.3. The van der Waals surface area contributed by atoms with Gasteiger partial charge in [-0.3, -0.25) is 0 Å². The van der Waals surface area contributed by atoms with Crippen LogP contribution in [-0.2, 0) is 20.4 Å². The van der Waals surface area contributed by atoms with Crippen LogP contribution in [0, 0.1) is 0 Å². The summed E-state index contributed by atoms with van der Waals surface area (Å²) in [5.74, 6) is 0. The van der Waals surface area contributed by atoms with Crippen LogP contribution in [0.1, 0.15) is 0 Å². The maximum Gasteiger partial charge on any atom is 0 e. The average molecular weight is 666 g/mol. The van der Waals surface area contributed by atoms with Crippen molar-refractivity contribution >= 4 is 0 Å². The summed E-state index contributed by atoms with van der Waals surface area (Å²) in [5.41, 5.74) is 0. The molecule has 0 rings (SSSR count). The van der Waals surface area contributed by atoms with Crippen molar-refractivity contribution in [3.8, 4) is 0 Å². The molecule has 0 aromatic heterocycles. The van der Waals surface area contributed by atoms with Crippen molar-refractivity contribution < 1.29 is 122 Å². The first-order valence-electron chi connectivity index (χ1n) is 0. The molecular formula is Br6Re-6. The summed E-state index contributed by atoms with van der Waals surface area (Å²) in [4.78, 5) is 0. The molecule has 0 aliphatic heterocycles. The summed E-state index contributed by atoms with van der Waals surface area (Å²) >= 11 is 0. The van der Waals surface area contributed by atoms with Gasteiger partial charge in [-0.25, -0.2) is 0 Å². The standard InChI is InChI=1S/6BrH.Re/h6*1H;/p-6. The van der Waals surface area contributed by atoms with Gasteiger partial charge in [-0.2, -0.15) is 0 Å². The van der Waals surface area contributed by atoms with Crippen LogP contribution >= 0.6 is 0 Å². The van der Waals surface area contributed by atoms with E-state index in [-0.39, 0.29) is 122 Å². The Morgan fingerprint density at radius 2 is 0.286 bits per heavy atom. The minimum Gasteiger partial charge on any atom is -1.00 e. The number of hydrogen-bond acceptors (Lipinski definition) is 0. The summed E-state index contributed by atoms with van der Waals surface area (Å²) < 4.78 is 0. The fraction of sp³-hybridized carbons (Fsp3) is 0. The molecular weight excluding hydrogens is 666 g/mol. The van der Waals surface area contributed by atoms with Gasteiger partial charge < -0.3 is 102 Å². The van der Waals surface area contributed by atoms with E-state index in [0.29, 0.717) is 0 Å². The van der Waals surface area contributed by atoms with Crippen LogP contribution in [0.25, 0.3) is 0 Å². The van der Waals surface area contributed by atoms with Crippen LogP contribution in [-0.4, -0.2) is 0 Å². The minimum atomic E-state index is 0.